The molecule has 1 heterocycles. The molecule has 0 unspecified atom stereocenters. The molecule has 0 amide bonds. The van der Waals surface area contributed by atoms with Crippen LogP contribution >= 0.6 is 0 Å². The van der Waals surface area contributed by atoms with Crippen molar-refractivity contribution in [3.05, 3.63) is 71.3 Å². The highest BCUT2D eigenvalue weighted by Crippen LogP contribution is 2.48. The van der Waals surface area contributed by atoms with Gasteiger partial charge in [-0.1, -0.05) is 36.4 Å². The van der Waals surface area contributed by atoms with Crippen LogP contribution in [-0.2, 0) is 9.53 Å². The van der Waals surface area contributed by atoms with Gasteiger partial charge in [-0.3, -0.25) is 4.79 Å². The normalized spacial score (nSPS) is 12.0. The maximum Gasteiger partial charge on any atom is 0.330 e. The first-order chi connectivity index (χ1) is 11.7. The summed E-state index contributed by atoms with van der Waals surface area (Å²) in [4.78, 5) is 23.9. The van der Waals surface area contributed by atoms with Gasteiger partial charge in [0.15, 0.2) is 17.3 Å². The molecule has 0 spiro atoms. The van der Waals surface area contributed by atoms with Gasteiger partial charge in [0.2, 0.25) is 0 Å². The van der Waals surface area contributed by atoms with Gasteiger partial charge >= 0.3 is 5.97 Å². The lowest BCUT2D eigenvalue weighted by Gasteiger charge is -2.02. The minimum absolute atomic E-state index is 0.141. The number of carbonyl (C=O) groups excluding carboxylic acids is 2. The van der Waals surface area contributed by atoms with Crippen LogP contribution < -0.4 is 4.74 Å². The monoisotopic (exact) mass is 320 g/mol. The second-order valence-electron chi connectivity index (χ2n) is 5.15. The van der Waals surface area contributed by atoms with Gasteiger partial charge in [-0.05, 0) is 36.8 Å². The first-order valence-electron chi connectivity index (χ1n) is 7.66. The molecule has 120 valence electrons. The zero-order chi connectivity index (χ0) is 16.9. The van der Waals surface area contributed by atoms with Crippen LogP contribution in [0.4, 0.5) is 0 Å². The van der Waals surface area contributed by atoms with E-state index >= 15 is 0 Å². The fourth-order valence-electron chi connectivity index (χ4n) is 2.31. The molecule has 0 fully saturated rings. The lowest BCUT2D eigenvalue weighted by Crippen LogP contribution is -2.00. The molecule has 0 aliphatic carbocycles. The van der Waals surface area contributed by atoms with E-state index in [1.54, 1.807) is 37.3 Å². The first-order valence-corrected chi connectivity index (χ1v) is 7.66. The molecular weight excluding hydrogens is 304 g/mol. The predicted octanol–water partition coefficient (Wildman–Crippen LogP) is 4.26. The van der Waals surface area contributed by atoms with E-state index < -0.39 is 5.97 Å². The summed E-state index contributed by atoms with van der Waals surface area (Å²) in [5.41, 5.74) is 2.06. The van der Waals surface area contributed by atoms with E-state index in [1.165, 1.54) is 12.2 Å². The summed E-state index contributed by atoms with van der Waals surface area (Å²) in [6, 6.07) is 12.8. The highest BCUT2D eigenvalue weighted by molar-refractivity contribution is 6.09. The molecule has 1 aliphatic heterocycles. The Balaban J connectivity index is 1.78. The van der Waals surface area contributed by atoms with Crippen molar-refractivity contribution < 1.29 is 19.1 Å². The number of rotatable bonds is 6. The number of carbonyl (C=O) groups is 2. The number of fused-ring (bicyclic) bond motifs is 1. The highest BCUT2D eigenvalue weighted by atomic mass is 16.6. The summed E-state index contributed by atoms with van der Waals surface area (Å²) in [5, 5.41) is 0. The summed E-state index contributed by atoms with van der Waals surface area (Å²) in [6.45, 7) is 2.06. The molecule has 0 N–H and O–H groups in total. The Hall–Kier alpha value is -3.14. The Labute approximate surface area is 140 Å². The smallest absolute Gasteiger partial charge is 0.330 e. The van der Waals surface area contributed by atoms with Crippen LogP contribution in [0, 0.1) is 0 Å². The first kappa shape index (κ1) is 15.7. The lowest BCUT2D eigenvalue weighted by atomic mass is 10.0. The Morgan fingerprint density at radius 2 is 1.75 bits per heavy atom. The number of hydrogen-bond acceptors (Lipinski definition) is 4. The van der Waals surface area contributed by atoms with Gasteiger partial charge in [0.05, 0.1) is 6.61 Å². The molecule has 0 bridgehead atoms. The van der Waals surface area contributed by atoms with E-state index in [4.69, 9.17) is 9.47 Å². The van der Waals surface area contributed by atoms with Crippen LogP contribution in [0.3, 0.4) is 0 Å². The molecular formula is C20H16O4. The quantitative estimate of drug-likeness (QED) is 0.295. The molecule has 0 radical (unpaired) electrons. The minimum atomic E-state index is -0.431. The van der Waals surface area contributed by atoms with Gasteiger partial charge in [0.25, 0.3) is 0 Å². The number of allylic oxidation sites excluding steroid dienone is 1. The maximum atomic E-state index is 12.5. The fourth-order valence-corrected chi connectivity index (χ4v) is 2.31. The SMILES string of the molecule is CCOC(=O)/C=C/c1ccccc1C(=O)/C=C/c1cccc2c1O2. The van der Waals surface area contributed by atoms with Crippen molar-refractivity contribution in [1.29, 1.82) is 0 Å². The second-order valence-corrected chi connectivity index (χ2v) is 5.15. The number of ketones is 1. The zero-order valence-corrected chi connectivity index (χ0v) is 13.2. The summed E-state index contributed by atoms with van der Waals surface area (Å²) in [5.74, 6) is 1.09. The summed E-state index contributed by atoms with van der Waals surface area (Å²) >= 11 is 0. The third kappa shape index (κ3) is 3.60. The molecule has 1 aliphatic rings. The van der Waals surface area contributed by atoms with E-state index in [2.05, 4.69) is 0 Å². The Kier molecular flexibility index (Phi) is 4.57. The van der Waals surface area contributed by atoms with Crippen LogP contribution in [0.25, 0.3) is 12.2 Å². The van der Waals surface area contributed by atoms with E-state index in [-0.39, 0.29) is 5.78 Å². The van der Waals surface area contributed by atoms with E-state index in [0.717, 1.165) is 17.1 Å². The van der Waals surface area contributed by atoms with Crippen molar-refractivity contribution in [2.45, 2.75) is 6.92 Å². The van der Waals surface area contributed by atoms with Crippen LogP contribution in [0.1, 0.15) is 28.4 Å². The largest absolute Gasteiger partial charge is 0.463 e. The molecule has 2 aromatic carbocycles. The maximum absolute atomic E-state index is 12.5. The molecule has 2 aromatic rings. The molecule has 24 heavy (non-hydrogen) atoms. The van der Waals surface area contributed by atoms with Gasteiger partial charge in [-0.25, -0.2) is 4.79 Å². The van der Waals surface area contributed by atoms with Crippen LogP contribution in [-0.4, -0.2) is 18.4 Å². The average Bonchev–Trinajstić information content (AvgIpc) is 3.38. The summed E-state index contributed by atoms with van der Waals surface area (Å²) in [7, 11) is 0. The summed E-state index contributed by atoms with van der Waals surface area (Å²) in [6.07, 6.45) is 6.16. The Morgan fingerprint density at radius 1 is 1.00 bits per heavy atom. The highest BCUT2D eigenvalue weighted by Gasteiger charge is 2.22. The van der Waals surface area contributed by atoms with Gasteiger partial charge < -0.3 is 9.47 Å². The van der Waals surface area contributed by atoms with Gasteiger partial charge in [-0.15, -0.1) is 0 Å². The van der Waals surface area contributed by atoms with Crippen molar-refractivity contribution in [3.63, 3.8) is 0 Å². The minimum Gasteiger partial charge on any atom is -0.463 e. The lowest BCUT2D eigenvalue weighted by molar-refractivity contribution is -0.137. The van der Waals surface area contributed by atoms with Crippen LogP contribution in [0.15, 0.2) is 54.6 Å². The van der Waals surface area contributed by atoms with Crippen molar-refractivity contribution in [3.8, 4) is 11.5 Å². The Bertz CT molecular complexity index is 846. The van der Waals surface area contributed by atoms with Crippen molar-refractivity contribution in [2.24, 2.45) is 0 Å². The number of benzene rings is 2. The third-order valence-corrected chi connectivity index (χ3v) is 3.51. The second kappa shape index (κ2) is 6.96. The van der Waals surface area contributed by atoms with Crippen molar-refractivity contribution in [2.75, 3.05) is 6.61 Å². The molecule has 0 atom stereocenters. The molecule has 4 heteroatoms. The average molecular weight is 320 g/mol. The van der Waals surface area contributed by atoms with E-state index in [1.807, 2.05) is 24.3 Å². The predicted molar refractivity (Wildman–Crippen MR) is 92.0 cm³/mol. The van der Waals surface area contributed by atoms with E-state index in [0.29, 0.717) is 17.7 Å². The zero-order valence-electron chi connectivity index (χ0n) is 13.2. The molecule has 3 rings (SSSR count). The van der Waals surface area contributed by atoms with Crippen molar-refractivity contribution in [1.82, 2.24) is 0 Å². The topological polar surface area (TPSA) is 55.9 Å². The summed E-state index contributed by atoms with van der Waals surface area (Å²) < 4.78 is 10.1. The van der Waals surface area contributed by atoms with Crippen LogP contribution in [0.5, 0.6) is 11.5 Å². The molecule has 0 saturated heterocycles. The van der Waals surface area contributed by atoms with Gasteiger partial charge in [0.1, 0.15) is 0 Å². The Morgan fingerprint density at radius 3 is 2.58 bits per heavy atom. The third-order valence-electron chi connectivity index (χ3n) is 3.51. The molecule has 0 saturated carbocycles. The molecule has 4 nitrogen and oxygen atoms in total. The number of hydrogen-bond donors (Lipinski definition) is 0. The number of para-hydroxylation sites is 1. The standard InChI is InChI=1S/C20H16O4/c1-2-23-19(22)13-11-14-6-3-4-8-16(14)17(21)12-10-15-7-5-9-18-20(15)24-18/h3-13H,2H2,1H3/b12-10+,13-11+. The van der Waals surface area contributed by atoms with E-state index in [9.17, 15) is 9.59 Å². The van der Waals surface area contributed by atoms with Gasteiger partial charge in [-0.2, -0.15) is 0 Å². The number of ether oxygens (including phenoxy) is 2. The van der Waals surface area contributed by atoms with Crippen molar-refractivity contribution >= 4 is 23.9 Å². The molecule has 0 aromatic heterocycles. The van der Waals surface area contributed by atoms with Gasteiger partial charge in [0, 0.05) is 17.2 Å². The number of esters is 1. The fraction of sp³-hybridized carbons (Fsp3) is 0.100. The van der Waals surface area contributed by atoms with Crippen LogP contribution in [0.2, 0.25) is 0 Å².